The second-order valence-corrected chi connectivity index (χ2v) is 9.41. The summed E-state index contributed by atoms with van der Waals surface area (Å²) in [4.78, 5) is -0.677. The topological polar surface area (TPSA) is 124 Å². The van der Waals surface area contributed by atoms with E-state index in [1.165, 1.54) is 59.4 Å². The van der Waals surface area contributed by atoms with Crippen LogP contribution >= 0.6 is 0 Å². The Kier molecular flexibility index (Phi) is 8.35. The molecule has 0 aliphatic heterocycles. The standard InChI is InChI=1S/C20H26O10S2/c1-7-28-31(21,22)19-9-13(3)14(25-4)10-17(19)30-18-11-15(26-5)16(27-6)12-20(18)32(23,24)29-8-2/h9-12H,7-8H2,1-6H3. The normalized spacial score (nSPS) is 11.8. The van der Waals surface area contributed by atoms with Crippen LogP contribution in [-0.2, 0) is 28.6 Å². The predicted octanol–water partition coefficient (Wildman–Crippen LogP) is 3.26. The summed E-state index contributed by atoms with van der Waals surface area (Å²) < 4.78 is 82.0. The Morgan fingerprint density at radius 2 is 1.03 bits per heavy atom. The minimum absolute atomic E-state index is 0.104. The number of aryl methyl sites for hydroxylation is 1. The van der Waals surface area contributed by atoms with Crippen molar-refractivity contribution in [2.45, 2.75) is 30.6 Å². The third kappa shape index (κ3) is 5.44. The third-order valence-electron chi connectivity index (χ3n) is 4.22. The van der Waals surface area contributed by atoms with Gasteiger partial charge in [-0.25, -0.2) is 0 Å². The van der Waals surface area contributed by atoms with Crippen molar-refractivity contribution in [1.29, 1.82) is 0 Å². The van der Waals surface area contributed by atoms with E-state index < -0.39 is 20.2 Å². The zero-order valence-corrected chi connectivity index (χ0v) is 20.3. The summed E-state index contributed by atoms with van der Waals surface area (Å²) in [6, 6.07) is 5.07. The average Bonchev–Trinajstić information content (AvgIpc) is 2.73. The van der Waals surface area contributed by atoms with E-state index in [4.69, 9.17) is 27.3 Å². The summed E-state index contributed by atoms with van der Waals surface area (Å²) in [5.74, 6) is 0.147. The molecule has 0 atom stereocenters. The highest BCUT2D eigenvalue weighted by Gasteiger charge is 2.28. The second kappa shape index (κ2) is 10.4. The molecule has 0 spiro atoms. The first-order valence-corrected chi connectivity index (χ1v) is 12.3. The fourth-order valence-electron chi connectivity index (χ4n) is 2.81. The van der Waals surface area contributed by atoms with Gasteiger partial charge in [0.15, 0.2) is 23.0 Å². The number of methoxy groups -OCH3 is 3. The molecule has 0 aliphatic rings. The van der Waals surface area contributed by atoms with E-state index in [0.717, 1.165) is 0 Å². The van der Waals surface area contributed by atoms with Crippen molar-refractivity contribution in [3.05, 3.63) is 29.8 Å². The average molecular weight is 491 g/mol. The highest BCUT2D eigenvalue weighted by Crippen LogP contribution is 2.42. The van der Waals surface area contributed by atoms with Crippen molar-refractivity contribution in [2.75, 3.05) is 34.5 Å². The van der Waals surface area contributed by atoms with E-state index in [2.05, 4.69) is 0 Å². The second-order valence-electron chi connectivity index (χ2n) is 6.25. The third-order valence-corrected chi connectivity index (χ3v) is 7.02. The lowest BCUT2D eigenvalue weighted by Crippen LogP contribution is -2.11. The van der Waals surface area contributed by atoms with Crippen LogP contribution in [0.15, 0.2) is 34.1 Å². The first-order chi connectivity index (χ1) is 15.0. The van der Waals surface area contributed by atoms with E-state index in [-0.39, 0.29) is 46.0 Å². The van der Waals surface area contributed by atoms with Crippen molar-refractivity contribution in [3.63, 3.8) is 0 Å². The highest BCUT2D eigenvalue weighted by molar-refractivity contribution is 7.87. The Morgan fingerprint density at radius 1 is 0.625 bits per heavy atom. The van der Waals surface area contributed by atoms with Crippen molar-refractivity contribution < 1.29 is 44.1 Å². The van der Waals surface area contributed by atoms with Gasteiger partial charge in [0.2, 0.25) is 0 Å². The van der Waals surface area contributed by atoms with Gasteiger partial charge in [0.25, 0.3) is 0 Å². The van der Waals surface area contributed by atoms with Crippen LogP contribution < -0.4 is 18.9 Å². The van der Waals surface area contributed by atoms with Gasteiger partial charge in [0.05, 0.1) is 34.5 Å². The molecule has 0 radical (unpaired) electrons. The Balaban J connectivity index is 2.80. The molecular formula is C20H26O10S2. The lowest BCUT2D eigenvalue weighted by atomic mass is 10.2. The Hall–Kier alpha value is -2.54. The number of benzene rings is 2. The maximum absolute atomic E-state index is 12.7. The zero-order valence-electron chi connectivity index (χ0n) is 18.6. The fraction of sp³-hybridized carbons (Fsp3) is 0.400. The minimum atomic E-state index is -4.27. The summed E-state index contributed by atoms with van der Waals surface area (Å²) in [5.41, 5.74) is 0.507. The molecule has 2 rings (SSSR count). The molecule has 2 aromatic carbocycles. The summed E-state index contributed by atoms with van der Waals surface area (Å²) in [6.45, 7) is 4.45. The van der Waals surface area contributed by atoms with Crippen LogP contribution in [0, 0.1) is 6.92 Å². The Morgan fingerprint density at radius 3 is 1.47 bits per heavy atom. The van der Waals surface area contributed by atoms with Crippen LogP contribution in [0.25, 0.3) is 0 Å². The summed E-state index contributed by atoms with van der Waals surface area (Å²) in [5, 5.41) is 0. The van der Waals surface area contributed by atoms with Crippen LogP contribution in [0.3, 0.4) is 0 Å². The smallest absolute Gasteiger partial charge is 0.300 e. The van der Waals surface area contributed by atoms with Gasteiger partial charge >= 0.3 is 20.2 Å². The molecule has 0 aliphatic carbocycles. The molecule has 0 aromatic heterocycles. The first kappa shape index (κ1) is 25.7. The van der Waals surface area contributed by atoms with Crippen molar-refractivity contribution in [3.8, 4) is 28.7 Å². The predicted molar refractivity (Wildman–Crippen MR) is 115 cm³/mol. The number of rotatable bonds is 11. The molecule has 0 unspecified atom stereocenters. The molecule has 0 bridgehead atoms. The van der Waals surface area contributed by atoms with E-state index in [0.29, 0.717) is 11.3 Å². The van der Waals surface area contributed by atoms with Gasteiger partial charge in [-0.3, -0.25) is 8.37 Å². The fourth-order valence-corrected chi connectivity index (χ4v) is 4.95. The van der Waals surface area contributed by atoms with Crippen molar-refractivity contribution >= 4 is 20.2 Å². The van der Waals surface area contributed by atoms with Crippen molar-refractivity contribution in [1.82, 2.24) is 0 Å². The van der Waals surface area contributed by atoms with Gasteiger partial charge in [-0.15, -0.1) is 0 Å². The molecule has 2 aromatic rings. The molecule has 0 N–H and O–H groups in total. The zero-order chi connectivity index (χ0) is 24.1. The van der Waals surface area contributed by atoms with Crippen LogP contribution in [0.4, 0.5) is 0 Å². The van der Waals surface area contributed by atoms with Gasteiger partial charge < -0.3 is 18.9 Å². The summed E-state index contributed by atoms with van der Waals surface area (Å²) >= 11 is 0. The largest absolute Gasteiger partial charge is 0.496 e. The molecule has 0 saturated carbocycles. The Bertz CT molecular complexity index is 1170. The lowest BCUT2D eigenvalue weighted by molar-refractivity contribution is 0.328. The van der Waals surface area contributed by atoms with Crippen molar-refractivity contribution in [2.24, 2.45) is 0 Å². The molecule has 0 saturated heterocycles. The van der Waals surface area contributed by atoms with Gasteiger partial charge in [0.1, 0.15) is 15.5 Å². The Labute approximate surface area is 188 Å². The molecular weight excluding hydrogens is 464 g/mol. The van der Waals surface area contributed by atoms with E-state index in [9.17, 15) is 16.8 Å². The number of hydrogen-bond acceptors (Lipinski definition) is 10. The van der Waals surface area contributed by atoms with Crippen LogP contribution in [0.5, 0.6) is 28.7 Å². The quantitative estimate of drug-likeness (QED) is 0.434. The van der Waals surface area contributed by atoms with Gasteiger partial charge in [-0.1, -0.05) is 0 Å². The molecule has 32 heavy (non-hydrogen) atoms. The van der Waals surface area contributed by atoms with Gasteiger partial charge in [-0.05, 0) is 32.4 Å². The van der Waals surface area contributed by atoms with Gasteiger partial charge in [-0.2, -0.15) is 16.8 Å². The lowest BCUT2D eigenvalue weighted by Gasteiger charge is -2.18. The minimum Gasteiger partial charge on any atom is -0.496 e. The molecule has 0 amide bonds. The highest BCUT2D eigenvalue weighted by atomic mass is 32.2. The molecule has 10 nitrogen and oxygen atoms in total. The SMILES string of the molecule is CCOS(=O)(=O)c1cc(C)c(OC)cc1Oc1cc(OC)c(OC)cc1S(=O)(=O)OCC. The molecule has 0 heterocycles. The van der Waals surface area contributed by atoms with E-state index in [1.54, 1.807) is 6.92 Å². The van der Waals surface area contributed by atoms with Crippen LogP contribution in [0.2, 0.25) is 0 Å². The van der Waals surface area contributed by atoms with E-state index >= 15 is 0 Å². The molecule has 178 valence electrons. The van der Waals surface area contributed by atoms with Gasteiger partial charge in [0, 0.05) is 18.2 Å². The maximum Gasteiger partial charge on any atom is 0.300 e. The number of ether oxygens (including phenoxy) is 4. The first-order valence-electron chi connectivity index (χ1n) is 9.45. The number of hydrogen-bond donors (Lipinski definition) is 0. The van der Waals surface area contributed by atoms with E-state index in [1.807, 2.05) is 0 Å². The summed E-state index contributed by atoms with van der Waals surface area (Å²) in [6.07, 6.45) is 0. The van der Waals surface area contributed by atoms with Crippen LogP contribution in [-0.4, -0.2) is 51.4 Å². The monoisotopic (exact) mass is 490 g/mol. The maximum atomic E-state index is 12.7. The van der Waals surface area contributed by atoms with Crippen LogP contribution in [0.1, 0.15) is 19.4 Å². The molecule has 12 heteroatoms. The molecule has 0 fully saturated rings. The summed E-state index contributed by atoms with van der Waals surface area (Å²) in [7, 11) is -4.38.